The Balaban J connectivity index is 2.58. The number of urea groups is 1. The lowest BCUT2D eigenvalue weighted by atomic mass is 9.78. The number of barbiturate groups is 1. The molecule has 1 fully saturated rings. The first-order valence-electron chi connectivity index (χ1n) is 6.53. The molecule has 1 aromatic rings. The summed E-state index contributed by atoms with van der Waals surface area (Å²) in [7, 11) is 0. The summed E-state index contributed by atoms with van der Waals surface area (Å²) >= 11 is 12.0. The molecule has 0 aromatic heterocycles. The van der Waals surface area contributed by atoms with E-state index in [-0.39, 0.29) is 28.6 Å². The number of nitrogens with one attached hydrogen (secondary N) is 1. The number of imide groups is 2. The van der Waals surface area contributed by atoms with Crippen molar-refractivity contribution in [1.29, 1.82) is 0 Å². The van der Waals surface area contributed by atoms with Gasteiger partial charge in [-0.25, -0.2) is 9.69 Å². The third-order valence-corrected chi connectivity index (χ3v) is 4.66. The lowest BCUT2D eigenvalue weighted by Gasteiger charge is -2.38. The predicted molar refractivity (Wildman–Crippen MR) is 80.5 cm³/mol. The van der Waals surface area contributed by atoms with E-state index >= 15 is 0 Å². The van der Waals surface area contributed by atoms with Crippen molar-refractivity contribution < 1.29 is 14.4 Å². The molecule has 4 amide bonds. The smallest absolute Gasteiger partial charge is 0.276 e. The maximum Gasteiger partial charge on any atom is 0.335 e. The van der Waals surface area contributed by atoms with E-state index in [1.165, 1.54) is 6.07 Å². The maximum absolute atomic E-state index is 12.7. The van der Waals surface area contributed by atoms with Gasteiger partial charge in [0.2, 0.25) is 5.91 Å². The molecule has 7 heteroatoms. The largest absolute Gasteiger partial charge is 0.335 e. The second kappa shape index (κ2) is 5.66. The lowest BCUT2D eigenvalue weighted by molar-refractivity contribution is -0.143. The molecule has 21 heavy (non-hydrogen) atoms. The molecular formula is C14H14Cl2N2O3. The average molecular weight is 329 g/mol. The molecule has 1 aromatic carbocycles. The van der Waals surface area contributed by atoms with Gasteiger partial charge in [0.05, 0.1) is 15.7 Å². The van der Waals surface area contributed by atoms with Crippen LogP contribution >= 0.6 is 23.2 Å². The molecule has 0 atom stereocenters. The lowest BCUT2D eigenvalue weighted by Crippen LogP contribution is -2.64. The van der Waals surface area contributed by atoms with E-state index in [1.807, 2.05) is 0 Å². The van der Waals surface area contributed by atoms with Crippen LogP contribution in [0.5, 0.6) is 0 Å². The molecule has 1 saturated heterocycles. The summed E-state index contributed by atoms with van der Waals surface area (Å²) in [4.78, 5) is 37.8. The minimum atomic E-state index is -1.26. The molecule has 112 valence electrons. The molecule has 0 aliphatic carbocycles. The van der Waals surface area contributed by atoms with Crippen molar-refractivity contribution in [3.8, 4) is 0 Å². The van der Waals surface area contributed by atoms with Crippen LogP contribution in [0.2, 0.25) is 10.0 Å². The van der Waals surface area contributed by atoms with E-state index < -0.39 is 23.3 Å². The number of halogens is 2. The van der Waals surface area contributed by atoms with Gasteiger partial charge in [0, 0.05) is 0 Å². The number of anilines is 1. The van der Waals surface area contributed by atoms with Crippen molar-refractivity contribution in [2.24, 2.45) is 5.41 Å². The number of rotatable bonds is 3. The Morgan fingerprint density at radius 2 is 1.76 bits per heavy atom. The van der Waals surface area contributed by atoms with Gasteiger partial charge in [-0.05, 0) is 25.0 Å². The van der Waals surface area contributed by atoms with E-state index in [4.69, 9.17) is 23.2 Å². The zero-order valence-corrected chi connectivity index (χ0v) is 13.1. The molecule has 1 N–H and O–H groups in total. The van der Waals surface area contributed by atoms with Crippen LogP contribution in [-0.2, 0) is 9.59 Å². The fourth-order valence-electron chi connectivity index (χ4n) is 2.43. The Morgan fingerprint density at radius 3 is 2.33 bits per heavy atom. The van der Waals surface area contributed by atoms with Crippen LogP contribution in [0.25, 0.3) is 0 Å². The van der Waals surface area contributed by atoms with Crippen LogP contribution in [-0.4, -0.2) is 17.8 Å². The van der Waals surface area contributed by atoms with Gasteiger partial charge in [0.1, 0.15) is 5.41 Å². The SMILES string of the molecule is CCC1(CC)C(=O)NC(=O)N(c2cccc(Cl)c2Cl)C1=O. The molecule has 0 saturated carbocycles. The Bertz CT molecular complexity index is 627. The Kier molecular flexibility index (Phi) is 4.25. The summed E-state index contributed by atoms with van der Waals surface area (Å²) < 4.78 is 0. The number of amides is 4. The van der Waals surface area contributed by atoms with E-state index in [1.54, 1.807) is 26.0 Å². The van der Waals surface area contributed by atoms with Gasteiger partial charge in [0.15, 0.2) is 0 Å². The van der Waals surface area contributed by atoms with Gasteiger partial charge in [0.25, 0.3) is 5.91 Å². The van der Waals surface area contributed by atoms with E-state index in [0.717, 1.165) is 4.90 Å². The van der Waals surface area contributed by atoms with Gasteiger partial charge in [-0.2, -0.15) is 0 Å². The van der Waals surface area contributed by atoms with Crippen molar-refractivity contribution in [1.82, 2.24) is 5.32 Å². The molecule has 0 bridgehead atoms. The van der Waals surface area contributed by atoms with E-state index in [9.17, 15) is 14.4 Å². The van der Waals surface area contributed by atoms with Crippen molar-refractivity contribution in [3.63, 3.8) is 0 Å². The number of hydrogen-bond donors (Lipinski definition) is 1. The number of hydrogen-bond acceptors (Lipinski definition) is 3. The highest BCUT2D eigenvalue weighted by Gasteiger charge is 2.52. The Morgan fingerprint density at radius 1 is 1.14 bits per heavy atom. The zero-order valence-electron chi connectivity index (χ0n) is 11.6. The third kappa shape index (κ3) is 2.30. The Labute approximate surface area is 132 Å². The second-order valence-electron chi connectivity index (χ2n) is 4.76. The quantitative estimate of drug-likeness (QED) is 0.865. The molecule has 1 heterocycles. The first-order valence-corrected chi connectivity index (χ1v) is 7.28. The molecule has 5 nitrogen and oxygen atoms in total. The topological polar surface area (TPSA) is 66.5 Å². The summed E-state index contributed by atoms with van der Waals surface area (Å²) in [5, 5.41) is 2.55. The normalized spacial score (nSPS) is 17.9. The molecule has 0 spiro atoms. The summed E-state index contributed by atoms with van der Waals surface area (Å²) in [5.74, 6) is -1.15. The summed E-state index contributed by atoms with van der Waals surface area (Å²) in [6, 6.07) is 3.84. The zero-order chi connectivity index (χ0) is 15.8. The highest BCUT2D eigenvalue weighted by atomic mass is 35.5. The predicted octanol–water partition coefficient (Wildman–Crippen LogP) is 3.38. The first kappa shape index (κ1) is 15.8. The monoisotopic (exact) mass is 328 g/mol. The van der Waals surface area contributed by atoms with E-state index in [2.05, 4.69) is 5.32 Å². The van der Waals surface area contributed by atoms with Crippen LogP contribution in [0.3, 0.4) is 0 Å². The highest BCUT2D eigenvalue weighted by Crippen LogP contribution is 2.39. The minimum Gasteiger partial charge on any atom is -0.276 e. The standard InChI is InChI=1S/C14H14Cl2N2O3/c1-3-14(4-2)11(19)17-13(21)18(12(14)20)9-7-5-6-8(15)10(9)16/h5-7H,3-4H2,1-2H3,(H,17,19,21). The fourth-order valence-corrected chi connectivity index (χ4v) is 2.81. The number of carbonyl (C=O) groups excluding carboxylic acids is 3. The van der Waals surface area contributed by atoms with Crippen LogP contribution in [0.4, 0.5) is 10.5 Å². The highest BCUT2D eigenvalue weighted by molar-refractivity contribution is 6.45. The van der Waals surface area contributed by atoms with Gasteiger partial charge in [-0.15, -0.1) is 0 Å². The summed E-state index contributed by atoms with van der Waals surface area (Å²) in [5.41, 5.74) is -1.09. The first-order chi connectivity index (χ1) is 9.89. The van der Waals surface area contributed by atoms with Gasteiger partial charge in [-0.3, -0.25) is 14.9 Å². The molecular weight excluding hydrogens is 315 g/mol. The van der Waals surface area contributed by atoms with Crippen LogP contribution in [0.15, 0.2) is 18.2 Å². The average Bonchev–Trinajstić information content (AvgIpc) is 2.44. The van der Waals surface area contributed by atoms with Crippen molar-refractivity contribution in [3.05, 3.63) is 28.2 Å². The number of nitrogens with zero attached hydrogens (tertiary/aromatic N) is 1. The molecule has 0 unspecified atom stereocenters. The van der Waals surface area contributed by atoms with Crippen LogP contribution < -0.4 is 10.2 Å². The van der Waals surface area contributed by atoms with Gasteiger partial charge in [-0.1, -0.05) is 43.1 Å². The number of carbonyl (C=O) groups is 3. The van der Waals surface area contributed by atoms with Gasteiger partial charge < -0.3 is 0 Å². The third-order valence-electron chi connectivity index (χ3n) is 3.85. The van der Waals surface area contributed by atoms with Crippen LogP contribution in [0, 0.1) is 5.41 Å². The fraction of sp³-hybridized carbons (Fsp3) is 0.357. The maximum atomic E-state index is 12.7. The van der Waals surface area contributed by atoms with Crippen molar-refractivity contribution in [2.45, 2.75) is 26.7 Å². The molecule has 1 aliphatic rings. The summed E-state index contributed by atoms with van der Waals surface area (Å²) in [6.07, 6.45) is 0.576. The van der Waals surface area contributed by atoms with Crippen molar-refractivity contribution >= 4 is 46.7 Å². The Hall–Kier alpha value is -1.59. The molecule has 2 rings (SSSR count). The summed E-state index contributed by atoms with van der Waals surface area (Å²) in [6.45, 7) is 3.46. The number of benzene rings is 1. The second-order valence-corrected chi connectivity index (χ2v) is 5.55. The minimum absolute atomic E-state index is 0.0955. The van der Waals surface area contributed by atoms with Crippen molar-refractivity contribution in [2.75, 3.05) is 4.90 Å². The molecule has 1 aliphatic heterocycles. The van der Waals surface area contributed by atoms with Crippen LogP contribution in [0.1, 0.15) is 26.7 Å². The van der Waals surface area contributed by atoms with E-state index in [0.29, 0.717) is 0 Å². The van der Waals surface area contributed by atoms with Gasteiger partial charge >= 0.3 is 6.03 Å². The molecule has 0 radical (unpaired) electrons.